The van der Waals surface area contributed by atoms with Crippen LogP contribution in [0.3, 0.4) is 0 Å². The molecule has 4 nitrogen and oxygen atoms in total. The summed E-state index contributed by atoms with van der Waals surface area (Å²) >= 11 is 0. The molecule has 8 aromatic carbocycles. The Morgan fingerprint density at radius 3 is 0.963 bits per heavy atom. The van der Waals surface area contributed by atoms with Crippen LogP contribution in [0.15, 0.2) is 170 Å². The Bertz CT molecular complexity index is 2320. The van der Waals surface area contributed by atoms with E-state index in [9.17, 15) is 10.2 Å². The van der Waals surface area contributed by atoms with Gasteiger partial charge >= 0.3 is 0 Å². The number of aliphatic hydroxyl groups is 2. The van der Waals surface area contributed by atoms with Crippen molar-refractivity contribution in [3.8, 4) is 0 Å². The number of benzene rings is 8. The van der Waals surface area contributed by atoms with Crippen LogP contribution in [-0.2, 0) is 20.7 Å². The molecule has 0 amide bonds. The summed E-state index contributed by atoms with van der Waals surface area (Å²) in [6.07, 6.45) is 2.19. The van der Waals surface area contributed by atoms with Crippen LogP contribution in [0.5, 0.6) is 0 Å². The highest BCUT2D eigenvalue weighted by molar-refractivity contribution is 5.93. The second-order valence-corrected chi connectivity index (χ2v) is 15.2. The molecule has 0 aromatic heterocycles. The number of hydrogen-bond acceptors (Lipinski definition) is 4. The molecule has 1 heterocycles. The van der Waals surface area contributed by atoms with Crippen LogP contribution in [0.2, 0.25) is 0 Å². The highest BCUT2D eigenvalue weighted by Crippen LogP contribution is 2.56. The molecule has 4 heteroatoms. The van der Waals surface area contributed by atoms with E-state index in [4.69, 9.17) is 9.47 Å². The summed E-state index contributed by atoms with van der Waals surface area (Å²) in [5.41, 5.74) is -0.723. The number of fused-ring (bicyclic) bond motifs is 4. The van der Waals surface area contributed by atoms with Crippen molar-refractivity contribution in [3.05, 3.63) is 192 Å². The summed E-state index contributed by atoms with van der Waals surface area (Å²) in [6.45, 7) is 0. The van der Waals surface area contributed by atoms with Gasteiger partial charge in [0.15, 0.2) is 5.79 Å². The molecule has 2 N–H and O–H groups in total. The highest BCUT2D eigenvalue weighted by atomic mass is 16.8. The molecule has 1 aliphatic heterocycles. The average molecular weight is 707 g/mol. The Morgan fingerprint density at radius 1 is 0.370 bits per heavy atom. The van der Waals surface area contributed by atoms with Crippen molar-refractivity contribution in [2.75, 3.05) is 0 Å². The summed E-state index contributed by atoms with van der Waals surface area (Å²) in [7, 11) is 0. The average Bonchev–Trinajstić information content (AvgIpc) is 3.61. The van der Waals surface area contributed by atoms with Gasteiger partial charge in [-0.3, -0.25) is 0 Å². The summed E-state index contributed by atoms with van der Waals surface area (Å²) < 4.78 is 14.9. The van der Waals surface area contributed by atoms with Crippen LogP contribution < -0.4 is 0 Å². The van der Waals surface area contributed by atoms with Gasteiger partial charge in [0, 0.05) is 12.8 Å². The number of ether oxygens (including phenoxy) is 2. The van der Waals surface area contributed by atoms with E-state index in [-0.39, 0.29) is 0 Å². The van der Waals surface area contributed by atoms with E-state index in [2.05, 4.69) is 72.8 Å². The van der Waals surface area contributed by atoms with E-state index in [1.54, 1.807) is 0 Å². The van der Waals surface area contributed by atoms with Gasteiger partial charge in [-0.1, -0.05) is 176 Å². The topological polar surface area (TPSA) is 58.9 Å². The van der Waals surface area contributed by atoms with Crippen molar-refractivity contribution in [1.82, 2.24) is 0 Å². The molecular formula is C50H42O4. The Morgan fingerprint density at radius 2 is 0.648 bits per heavy atom. The lowest BCUT2D eigenvalue weighted by atomic mass is 9.69. The lowest BCUT2D eigenvalue weighted by Crippen LogP contribution is -2.55. The maximum Gasteiger partial charge on any atom is 0.169 e. The minimum absolute atomic E-state index is 0.669. The number of hydrogen-bond donors (Lipinski definition) is 2. The fraction of sp³-hybridized carbons (Fsp3) is 0.200. The first kappa shape index (κ1) is 33.2. The standard InChI is InChI=1S/C50H42O4/c51-49(42-28-12-20-34-16-2-6-24-38(34)42,43-29-13-21-35-17-3-7-25-39(35)43)46-47(54-48(53-46)32-10-1-11-33-48)50(52,44-30-14-22-36-18-4-8-26-40(36)44)45-31-15-23-37-19-5-9-27-41(37)45/h2-9,12-31,46-47,51-52H,1,10-11,32-33H2. The van der Waals surface area contributed by atoms with Crippen LogP contribution >= 0.6 is 0 Å². The van der Waals surface area contributed by atoms with Crippen LogP contribution in [0, 0.1) is 0 Å². The first-order valence-corrected chi connectivity index (χ1v) is 19.2. The fourth-order valence-corrected chi connectivity index (χ4v) is 9.68. The molecule has 2 unspecified atom stereocenters. The largest absolute Gasteiger partial charge is 0.377 e. The summed E-state index contributed by atoms with van der Waals surface area (Å²) in [5, 5.41) is 36.3. The highest BCUT2D eigenvalue weighted by Gasteiger charge is 2.64. The first-order chi connectivity index (χ1) is 26.5. The molecule has 2 aliphatic rings. The molecule has 54 heavy (non-hydrogen) atoms. The first-order valence-electron chi connectivity index (χ1n) is 19.2. The maximum atomic E-state index is 14.3. The predicted octanol–water partition coefficient (Wildman–Crippen LogP) is 10.9. The third-order valence-corrected chi connectivity index (χ3v) is 12.2. The molecule has 1 aliphatic carbocycles. The molecule has 1 saturated heterocycles. The van der Waals surface area contributed by atoms with E-state index in [0.717, 1.165) is 62.4 Å². The Balaban J connectivity index is 1.33. The lowest BCUT2D eigenvalue weighted by Gasteiger charge is -2.43. The minimum Gasteiger partial charge on any atom is -0.377 e. The second-order valence-electron chi connectivity index (χ2n) is 15.2. The van der Waals surface area contributed by atoms with Gasteiger partial charge in [0.1, 0.15) is 23.4 Å². The molecule has 1 spiro atoms. The Labute approximate surface area is 315 Å². The van der Waals surface area contributed by atoms with Gasteiger partial charge in [-0.2, -0.15) is 0 Å². The van der Waals surface area contributed by atoms with Gasteiger partial charge in [0.2, 0.25) is 0 Å². The molecule has 8 aromatic rings. The van der Waals surface area contributed by atoms with Crippen LogP contribution in [0.1, 0.15) is 54.4 Å². The predicted molar refractivity (Wildman–Crippen MR) is 217 cm³/mol. The number of rotatable bonds is 6. The van der Waals surface area contributed by atoms with Gasteiger partial charge in [0.25, 0.3) is 0 Å². The van der Waals surface area contributed by atoms with E-state index in [1.165, 1.54) is 0 Å². The van der Waals surface area contributed by atoms with Gasteiger partial charge in [-0.25, -0.2) is 0 Å². The SMILES string of the molecule is OC(c1cccc2ccccc12)(c1cccc2ccccc12)C1OC2(CCCCC2)OC1C(O)(c1cccc2ccccc12)c1cccc2ccccc12. The normalized spacial score (nSPS) is 18.9. The summed E-state index contributed by atoms with van der Waals surface area (Å²) in [6, 6.07) is 57.2. The van der Waals surface area contributed by atoms with Crippen LogP contribution in [-0.4, -0.2) is 28.2 Å². The zero-order valence-corrected chi connectivity index (χ0v) is 30.1. The van der Waals surface area contributed by atoms with E-state index < -0.39 is 29.2 Å². The van der Waals surface area contributed by atoms with Crippen molar-refractivity contribution < 1.29 is 19.7 Å². The van der Waals surface area contributed by atoms with Crippen molar-refractivity contribution in [1.29, 1.82) is 0 Å². The molecule has 1 saturated carbocycles. The zero-order valence-electron chi connectivity index (χ0n) is 30.1. The van der Waals surface area contributed by atoms with Gasteiger partial charge < -0.3 is 19.7 Å². The second kappa shape index (κ2) is 12.9. The van der Waals surface area contributed by atoms with E-state index >= 15 is 0 Å². The summed E-state index contributed by atoms with van der Waals surface area (Å²) in [4.78, 5) is 0. The molecule has 0 bridgehead atoms. The maximum absolute atomic E-state index is 14.3. The minimum atomic E-state index is -1.78. The van der Waals surface area contributed by atoms with Crippen molar-refractivity contribution in [2.45, 2.75) is 61.3 Å². The van der Waals surface area contributed by atoms with Gasteiger partial charge in [-0.15, -0.1) is 0 Å². The monoisotopic (exact) mass is 706 g/mol. The molecule has 2 fully saturated rings. The smallest absolute Gasteiger partial charge is 0.169 e. The van der Waals surface area contributed by atoms with Crippen LogP contribution in [0.25, 0.3) is 43.1 Å². The third kappa shape index (κ3) is 5.05. The third-order valence-electron chi connectivity index (χ3n) is 12.2. The molecule has 266 valence electrons. The molecule has 2 atom stereocenters. The van der Waals surface area contributed by atoms with Gasteiger partial charge in [0.05, 0.1) is 0 Å². The lowest BCUT2D eigenvalue weighted by molar-refractivity contribution is -0.213. The summed E-state index contributed by atoms with van der Waals surface area (Å²) in [5.74, 6) is -1.00. The molecule has 10 rings (SSSR count). The van der Waals surface area contributed by atoms with E-state index in [0.29, 0.717) is 35.1 Å². The zero-order chi connectivity index (χ0) is 36.3. The van der Waals surface area contributed by atoms with Gasteiger partial charge in [-0.05, 0) is 78.2 Å². The quantitative estimate of drug-likeness (QED) is 0.181. The van der Waals surface area contributed by atoms with Crippen molar-refractivity contribution >= 4 is 43.1 Å². The van der Waals surface area contributed by atoms with Crippen LogP contribution in [0.4, 0.5) is 0 Å². The molecule has 0 radical (unpaired) electrons. The molecular weight excluding hydrogens is 665 g/mol. The van der Waals surface area contributed by atoms with E-state index in [1.807, 2.05) is 97.1 Å². The Kier molecular flexibility index (Phi) is 7.94. The Hall–Kier alpha value is -5.36. The van der Waals surface area contributed by atoms with Crippen molar-refractivity contribution in [2.24, 2.45) is 0 Å². The van der Waals surface area contributed by atoms with Crippen molar-refractivity contribution in [3.63, 3.8) is 0 Å². The fourth-order valence-electron chi connectivity index (χ4n) is 9.68.